The van der Waals surface area contributed by atoms with Crippen molar-refractivity contribution in [2.75, 3.05) is 0 Å². The van der Waals surface area contributed by atoms with Crippen molar-refractivity contribution in [1.29, 1.82) is 0 Å². The van der Waals surface area contributed by atoms with Crippen molar-refractivity contribution in [3.05, 3.63) is 65.2 Å². The predicted octanol–water partition coefficient (Wildman–Crippen LogP) is 1.69. The van der Waals surface area contributed by atoms with Gasteiger partial charge in [-0.2, -0.15) is 0 Å². The number of nitrogens with one attached hydrogen (secondary N) is 1. The molecule has 0 heterocycles. The first-order valence-electron chi connectivity index (χ1n) is 6.08. The summed E-state index contributed by atoms with van der Waals surface area (Å²) in [5.41, 5.74) is -0.301. The average molecular weight is 354 g/mol. The van der Waals surface area contributed by atoms with Crippen molar-refractivity contribution in [2.24, 2.45) is 0 Å². The molecule has 1 unspecified atom stereocenters. The standard InChI is InChI=1S/C15H12AsF3NO/c16-12-6-3-5-10(8-12)14(21)20-9-11-4-1-2-7-13(11)15(17,18)19/h1-2,4-8H,9,16H2,(H,20,21). The minimum absolute atomic E-state index is 0.0409. The summed E-state index contributed by atoms with van der Waals surface area (Å²) in [6.07, 6.45) is -4.43. The first-order chi connectivity index (χ1) is 9.88. The van der Waals surface area contributed by atoms with Crippen molar-refractivity contribution >= 4 is 27.1 Å². The Balaban J connectivity index is 2.12. The predicted molar refractivity (Wildman–Crippen MR) is 76.1 cm³/mol. The van der Waals surface area contributed by atoms with Gasteiger partial charge in [-0.15, -0.1) is 0 Å². The Morgan fingerprint density at radius 3 is 2.62 bits per heavy atom. The SMILES string of the molecule is O=C(NCc1ccccc1C(F)(F)F)c1c[c]cc([AsH2])c1. The van der Waals surface area contributed by atoms with Gasteiger partial charge in [0.1, 0.15) is 0 Å². The van der Waals surface area contributed by atoms with E-state index in [1.54, 1.807) is 12.1 Å². The molecule has 0 aliphatic carbocycles. The van der Waals surface area contributed by atoms with Gasteiger partial charge in [-0.3, -0.25) is 0 Å². The number of hydrogen-bond donors (Lipinski definition) is 1. The number of carbonyl (C=O) groups excluding carboxylic acids is 1. The Labute approximate surface area is 128 Å². The third kappa shape index (κ3) is 4.11. The molecule has 2 nitrogen and oxygen atoms in total. The van der Waals surface area contributed by atoms with Crippen LogP contribution in [0.5, 0.6) is 0 Å². The second kappa shape index (κ2) is 6.35. The Kier molecular flexibility index (Phi) is 4.73. The molecule has 0 saturated heterocycles. The molecule has 2 aromatic rings. The third-order valence-corrected chi connectivity index (χ3v) is 3.53. The second-order valence-corrected chi connectivity index (χ2v) is 5.79. The molecule has 1 atom stereocenters. The van der Waals surface area contributed by atoms with Crippen molar-refractivity contribution in [3.8, 4) is 0 Å². The van der Waals surface area contributed by atoms with E-state index in [0.717, 1.165) is 10.4 Å². The fourth-order valence-corrected chi connectivity index (χ4v) is 2.43. The molecule has 2 rings (SSSR count). The van der Waals surface area contributed by atoms with E-state index in [1.165, 1.54) is 41.1 Å². The molecule has 1 N–H and O–H groups in total. The van der Waals surface area contributed by atoms with Crippen molar-refractivity contribution < 1.29 is 18.0 Å². The van der Waals surface area contributed by atoms with Gasteiger partial charge in [0.2, 0.25) is 0 Å². The zero-order valence-corrected chi connectivity index (χ0v) is 13.3. The summed E-state index contributed by atoms with van der Waals surface area (Å²) in [5, 5.41) is 2.50. The summed E-state index contributed by atoms with van der Waals surface area (Å²) >= 11 is 1.35. The number of benzene rings is 2. The third-order valence-electron chi connectivity index (χ3n) is 2.84. The molecule has 6 heteroatoms. The molecule has 0 fully saturated rings. The van der Waals surface area contributed by atoms with Crippen LogP contribution in [-0.4, -0.2) is 22.8 Å². The van der Waals surface area contributed by atoms with E-state index < -0.39 is 17.6 Å². The first kappa shape index (κ1) is 15.6. The van der Waals surface area contributed by atoms with Gasteiger partial charge in [0.15, 0.2) is 0 Å². The number of carbonyl (C=O) groups is 1. The Hall–Kier alpha value is -1.74. The number of halogens is 3. The monoisotopic (exact) mass is 354 g/mol. The van der Waals surface area contributed by atoms with Crippen LogP contribution in [0.15, 0.2) is 42.5 Å². The summed E-state index contributed by atoms with van der Waals surface area (Å²) < 4.78 is 39.4. The minimum atomic E-state index is -4.43. The Bertz CT molecular complexity index is 655. The van der Waals surface area contributed by atoms with Gasteiger partial charge in [-0.25, -0.2) is 0 Å². The van der Waals surface area contributed by atoms with E-state index in [9.17, 15) is 18.0 Å². The molecule has 1 radical (unpaired) electrons. The van der Waals surface area contributed by atoms with Gasteiger partial charge in [-0.05, 0) is 0 Å². The van der Waals surface area contributed by atoms with Crippen molar-refractivity contribution in [1.82, 2.24) is 5.32 Å². The molecule has 1 amide bonds. The molecule has 21 heavy (non-hydrogen) atoms. The van der Waals surface area contributed by atoms with Crippen LogP contribution in [-0.2, 0) is 12.7 Å². The van der Waals surface area contributed by atoms with Crippen molar-refractivity contribution in [3.63, 3.8) is 0 Å². The zero-order chi connectivity index (χ0) is 15.5. The average Bonchev–Trinajstić information content (AvgIpc) is 2.44. The fraction of sp³-hybridized carbons (Fsp3) is 0.133. The summed E-state index contributed by atoms with van der Waals surface area (Å²) in [4.78, 5) is 11.9. The number of hydrogen-bond acceptors (Lipinski definition) is 1. The van der Waals surface area contributed by atoms with E-state index in [2.05, 4.69) is 11.4 Å². The molecular weight excluding hydrogens is 342 g/mol. The van der Waals surface area contributed by atoms with Crippen LogP contribution < -0.4 is 9.67 Å². The van der Waals surface area contributed by atoms with Gasteiger partial charge in [0.05, 0.1) is 0 Å². The molecule has 2 aromatic carbocycles. The van der Waals surface area contributed by atoms with Gasteiger partial charge in [0, 0.05) is 0 Å². The van der Waals surface area contributed by atoms with Gasteiger partial charge in [-0.1, -0.05) is 0 Å². The molecular formula is C15H12AsF3NO. The second-order valence-electron chi connectivity index (χ2n) is 4.39. The summed E-state index contributed by atoms with van der Waals surface area (Å²) in [5.74, 6) is -0.414. The zero-order valence-electron chi connectivity index (χ0n) is 10.9. The summed E-state index contributed by atoms with van der Waals surface area (Å²) in [6, 6.07) is 13.0. The molecule has 0 aliphatic rings. The quantitative estimate of drug-likeness (QED) is 0.836. The van der Waals surface area contributed by atoms with Crippen LogP contribution in [0.2, 0.25) is 0 Å². The van der Waals surface area contributed by atoms with Crippen LogP contribution in [0, 0.1) is 6.07 Å². The molecule has 0 aliphatic heterocycles. The topological polar surface area (TPSA) is 29.1 Å². The molecule has 0 aromatic heterocycles. The first-order valence-corrected chi connectivity index (χ1v) is 7.29. The van der Waals surface area contributed by atoms with Crippen LogP contribution >= 0.6 is 0 Å². The number of rotatable bonds is 3. The van der Waals surface area contributed by atoms with Gasteiger partial charge in [0.25, 0.3) is 0 Å². The van der Waals surface area contributed by atoms with Gasteiger partial charge < -0.3 is 0 Å². The maximum atomic E-state index is 12.8. The maximum absolute atomic E-state index is 12.8. The van der Waals surface area contributed by atoms with Crippen LogP contribution in [0.4, 0.5) is 13.2 Å². The van der Waals surface area contributed by atoms with E-state index >= 15 is 0 Å². The van der Waals surface area contributed by atoms with E-state index in [1.807, 2.05) is 0 Å². The summed E-state index contributed by atoms with van der Waals surface area (Å²) in [6.45, 7) is -0.173. The van der Waals surface area contributed by atoms with E-state index in [-0.39, 0.29) is 12.1 Å². The van der Waals surface area contributed by atoms with Crippen LogP contribution in [0.3, 0.4) is 0 Å². The summed E-state index contributed by atoms with van der Waals surface area (Å²) in [7, 11) is 0. The van der Waals surface area contributed by atoms with E-state index in [4.69, 9.17) is 0 Å². The Morgan fingerprint density at radius 2 is 1.95 bits per heavy atom. The Morgan fingerprint density at radius 1 is 1.24 bits per heavy atom. The van der Waals surface area contributed by atoms with E-state index in [0.29, 0.717) is 5.56 Å². The molecule has 109 valence electrons. The van der Waals surface area contributed by atoms with Crippen LogP contribution in [0.1, 0.15) is 21.5 Å². The van der Waals surface area contributed by atoms with Crippen molar-refractivity contribution in [2.45, 2.75) is 12.7 Å². The molecule has 0 saturated carbocycles. The number of amides is 1. The molecule has 0 spiro atoms. The fourth-order valence-electron chi connectivity index (χ4n) is 1.85. The number of alkyl halides is 3. The molecule has 0 bridgehead atoms. The van der Waals surface area contributed by atoms with Crippen LogP contribution in [0.25, 0.3) is 0 Å². The normalized spacial score (nSPS) is 11.2. The van der Waals surface area contributed by atoms with Gasteiger partial charge >= 0.3 is 128 Å².